The molecule has 0 heterocycles. The molecular weight excluding hydrogens is 314 g/mol. The molecule has 2 rings (SSSR count). The van der Waals surface area contributed by atoms with E-state index >= 15 is 0 Å². The van der Waals surface area contributed by atoms with Gasteiger partial charge in [0.25, 0.3) is 0 Å². The number of hydrogen-bond donors (Lipinski definition) is 0. The maximum absolute atomic E-state index is 13.9. The number of rotatable bonds is 2. The summed E-state index contributed by atoms with van der Waals surface area (Å²) in [5, 5.41) is 0. The van der Waals surface area contributed by atoms with Gasteiger partial charge in [-0.15, -0.1) is 0 Å². The summed E-state index contributed by atoms with van der Waals surface area (Å²) < 4.78 is 27.7. The Kier molecular flexibility index (Phi) is 3.80. The molecule has 0 aromatic heterocycles. The van der Waals surface area contributed by atoms with E-state index in [1.165, 1.54) is 18.2 Å². The molecule has 0 atom stereocenters. The molecule has 1 nitrogen and oxygen atoms in total. The first-order valence-electron chi connectivity index (χ1n) is 5.66. The number of benzene rings is 2. The first-order chi connectivity index (χ1) is 8.88. The van der Waals surface area contributed by atoms with Gasteiger partial charge < -0.3 is 0 Å². The molecule has 0 fully saturated rings. The Morgan fingerprint density at radius 3 is 2.32 bits per heavy atom. The van der Waals surface area contributed by atoms with Crippen LogP contribution in [0.25, 0.3) is 0 Å². The van der Waals surface area contributed by atoms with Gasteiger partial charge in [-0.05, 0) is 49.2 Å². The summed E-state index contributed by atoms with van der Waals surface area (Å²) in [5.74, 6) is -1.64. The van der Waals surface area contributed by atoms with Crippen LogP contribution in [0, 0.1) is 25.5 Å². The molecule has 2 aromatic rings. The third-order valence-corrected chi connectivity index (χ3v) is 3.24. The van der Waals surface area contributed by atoms with Crippen LogP contribution in [-0.4, -0.2) is 5.78 Å². The van der Waals surface area contributed by atoms with Gasteiger partial charge in [-0.2, -0.15) is 0 Å². The molecule has 0 saturated carbocycles. The molecule has 19 heavy (non-hydrogen) atoms. The van der Waals surface area contributed by atoms with Crippen molar-refractivity contribution in [2.75, 3.05) is 0 Å². The molecule has 0 radical (unpaired) electrons. The maximum atomic E-state index is 13.9. The number of carbonyl (C=O) groups is 1. The molecule has 0 saturated heterocycles. The molecule has 0 spiro atoms. The molecule has 0 unspecified atom stereocenters. The molecule has 98 valence electrons. The molecule has 0 aliphatic rings. The zero-order valence-electron chi connectivity index (χ0n) is 10.4. The average molecular weight is 325 g/mol. The van der Waals surface area contributed by atoms with E-state index in [0.717, 1.165) is 11.6 Å². The Hall–Kier alpha value is -1.55. The van der Waals surface area contributed by atoms with E-state index < -0.39 is 17.4 Å². The highest BCUT2D eigenvalue weighted by Crippen LogP contribution is 2.22. The maximum Gasteiger partial charge on any atom is 0.196 e. The van der Waals surface area contributed by atoms with E-state index in [9.17, 15) is 13.6 Å². The quantitative estimate of drug-likeness (QED) is 0.739. The van der Waals surface area contributed by atoms with Crippen molar-refractivity contribution in [2.45, 2.75) is 13.8 Å². The third kappa shape index (κ3) is 2.89. The first kappa shape index (κ1) is 13.9. The summed E-state index contributed by atoms with van der Waals surface area (Å²) in [4.78, 5) is 12.3. The van der Waals surface area contributed by atoms with Crippen molar-refractivity contribution >= 4 is 21.7 Å². The second-order valence-electron chi connectivity index (χ2n) is 4.43. The average Bonchev–Trinajstić information content (AvgIpc) is 2.25. The van der Waals surface area contributed by atoms with Gasteiger partial charge in [0.05, 0.1) is 5.56 Å². The van der Waals surface area contributed by atoms with Crippen molar-refractivity contribution in [1.29, 1.82) is 0 Å². The first-order valence-corrected chi connectivity index (χ1v) is 6.45. The van der Waals surface area contributed by atoms with Gasteiger partial charge in [0.15, 0.2) is 5.78 Å². The van der Waals surface area contributed by atoms with Gasteiger partial charge >= 0.3 is 0 Å². The fourth-order valence-electron chi connectivity index (χ4n) is 2.03. The van der Waals surface area contributed by atoms with Crippen LogP contribution in [0.5, 0.6) is 0 Å². The zero-order chi connectivity index (χ0) is 14.2. The van der Waals surface area contributed by atoms with E-state index in [2.05, 4.69) is 15.9 Å². The summed E-state index contributed by atoms with van der Waals surface area (Å²) in [6.07, 6.45) is 0. The Balaban J connectivity index is 2.56. The smallest absolute Gasteiger partial charge is 0.196 e. The van der Waals surface area contributed by atoms with Crippen molar-refractivity contribution in [3.63, 3.8) is 0 Å². The van der Waals surface area contributed by atoms with Gasteiger partial charge in [-0.1, -0.05) is 22.0 Å². The number of aryl methyl sites for hydroxylation is 2. The minimum Gasteiger partial charge on any atom is -0.288 e. The minimum atomic E-state index is -0.581. The largest absolute Gasteiger partial charge is 0.288 e. The summed E-state index contributed by atoms with van der Waals surface area (Å²) in [6, 6.07) is 6.85. The predicted octanol–water partition coefficient (Wildman–Crippen LogP) is 4.58. The third-order valence-electron chi connectivity index (χ3n) is 2.78. The summed E-state index contributed by atoms with van der Waals surface area (Å²) in [7, 11) is 0. The fraction of sp³-hybridized carbons (Fsp3) is 0.133. The Morgan fingerprint density at radius 1 is 1.05 bits per heavy atom. The van der Waals surface area contributed by atoms with E-state index in [-0.39, 0.29) is 11.1 Å². The highest BCUT2D eigenvalue weighted by molar-refractivity contribution is 9.10. The summed E-state index contributed by atoms with van der Waals surface area (Å²) >= 11 is 3.12. The van der Waals surface area contributed by atoms with Gasteiger partial charge in [-0.25, -0.2) is 8.78 Å². The van der Waals surface area contributed by atoms with Gasteiger partial charge in [-0.3, -0.25) is 4.79 Å². The SMILES string of the molecule is Cc1cc(C)c(C(=O)c2cc(F)cc(Br)c2)c(F)c1. The molecule has 2 aromatic carbocycles. The Morgan fingerprint density at radius 2 is 1.74 bits per heavy atom. The minimum absolute atomic E-state index is 0.0110. The van der Waals surface area contributed by atoms with E-state index in [4.69, 9.17) is 0 Å². The van der Waals surface area contributed by atoms with Crippen molar-refractivity contribution in [1.82, 2.24) is 0 Å². The lowest BCUT2D eigenvalue weighted by Gasteiger charge is -2.08. The van der Waals surface area contributed by atoms with Crippen LogP contribution in [0.2, 0.25) is 0 Å². The van der Waals surface area contributed by atoms with Crippen molar-refractivity contribution in [3.8, 4) is 0 Å². The van der Waals surface area contributed by atoms with Crippen molar-refractivity contribution < 1.29 is 13.6 Å². The Bertz CT molecular complexity index is 622. The number of ketones is 1. The van der Waals surface area contributed by atoms with E-state index in [1.54, 1.807) is 19.9 Å². The molecule has 0 N–H and O–H groups in total. The lowest BCUT2D eigenvalue weighted by molar-refractivity contribution is 0.103. The Labute approximate surface area is 118 Å². The highest BCUT2D eigenvalue weighted by Gasteiger charge is 2.18. The monoisotopic (exact) mass is 324 g/mol. The summed E-state index contributed by atoms with van der Waals surface area (Å²) in [6.45, 7) is 3.42. The van der Waals surface area contributed by atoms with Crippen LogP contribution in [0.1, 0.15) is 27.0 Å². The lowest BCUT2D eigenvalue weighted by Crippen LogP contribution is -2.08. The second-order valence-corrected chi connectivity index (χ2v) is 5.34. The number of carbonyl (C=O) groups excluding carboxylic acids is 1. The fourth-order valence-corrected chi connectivity index (χ4v) is 2.50. The van der Waals surface area contributed by atoms with Crippen molar-refractivity contribution in [2.24, 2.45) is 0 Å². The van der Waals surface area contributed by atoms with Crippen LogP contribution >= 0.6 is 15.9 Å². The van der Waals surface area contributed by atoms with Gasteiger partial charge in [0, 0.05) is 10.0 Å². The standard InChI is InChI=1S/C15H11BrF2O/c1-8-3-9(2)14(13(18)4-8)15(19)10-5-11(16)7-12(17)6-10/h3-7H,1-2H3. The predicted molar refractivity (Wildman–Crippen MR) is 73.4 cm³/mol. The van der Waals surface area contributed by atoms with Crippen molar-refractivity contribution in [3.05, 3.63) is 68.7 Å². The number of hydrogen-bond acceptors (Lipinski definition) is 1. The highest BCUT2D eigenvalue weighted by atomic mass is 79.9. The molecule has 0 aliphatic carbocycles. The molecule has 0 amide bonds. The second kappa shape index (κ2) is 5.21. The van der Waals surface area contributed by atoms with Crippen LogP contribution in [0.15, 0.2) is 34.8 Å². The molecule has 0 bridgehead atoms. The van der Waals surface area contributed by atoms with Gasteiger partial charge in [0.1, 0.15) is 11.6 Å². The topological polar surface area (TPSA) is 17.1 Å². The number of halogens is 3. The van der Waals surface area contributed by atoms with E-state index in [0.29, 0.717) is 10.0 Å². The molecule has 0 aliphatic heterocycles. The van der Waals surface area contributed by atoms with Crippen LogP contribution in [-0.2, 0) is 0 Å². The summed E-state index contributed by atoms with van der Waals surface area (Å²) in [5.41, 5.74) is 1.40. The normalized spacial score (nSPS) is 10.6. The zero-order valence-corrected chi connectivity index (χ0v) is 12.0. The van der Waals surface area contributed by atoms with Gasteiger partial charge in [0.2, 0.25) is 0 Å². The lowest BCUT2D eigenvalue weighted by atomic mass is 9.97. The van der Waals surface area contributed by atoms with Crippen LogP contribution in [0.3, 0.4) is 0 Å². The molecular formula is C15H11BrF2O. The van der Waals surface area contributed by atoms with E-state index in [1.807, 2.05) is 0 Å². The van der Waals surface area contributed by atoms with Crippen LogP contribution < -0.4 is 0 Å². The van der Waals surface area contributed by atoms with Crippen LogP contribution in [0.4, 0.5) is 8.78 Å². The molecule has 4 heteroatoms.